The van der Waals surface area contributed by atoms with Crippen molar-refractivity contribution >= 4 is 17.8 Å². The van der Waals surface area contributed by atoms with E-state index in [2.05, 4.69) is 96.6 Å². The molecular formula is C53H86N4O5. The third kappa shape index (κ3) is 7.73. The van der Waals surface area contributed by atoms with Gasteiger partial charge in [0.15, 0.2) is 0 Å². The van der Waals surface area contributed by atoms with Gasteiger partial charge in [-0.25, -0.2) is 4.98 Å². The molecule has 0 aromatic carbocycles. The van der Waals surface area contributed by atoms with Gasteiger partial charge in [0.2, 0.25) is 5.91 Å². The maximum Gasteiger partial charge on any atom is 0.309 e. The molecular weight excluding hydrogens is 773 g/mol. The Kier molecular flexibility index (Phi) is 13.2. The normalized spacial score (nSPS) is 37.0. The summed E-state index contributed by atoms with van der Waals surface area (Å²) in [5, 5.41) is 9.76. The summed E-state index contributed by atoms with van der Waals surface area (Å²) in [6.45, 7) is 30.0. The van der Waals surface area contributed by atoms with Crippen LogP contribution in [-0.2, 0) is 25.7 Å². The van der Waals surface area contributed by atoms with Gasteiger partial charge in [0.25, 0.3) is 0 Å². The van der Waals surface area contributed by atoms with Crippen molar-refractivity contribution < 1.29 is 24.2 Å². The minimum atomic E-state index is -0.815. The number of aliphatic carboxylic acids is 1. The van der Waals surface area contributed by atoms with Crippen molar-refractivity contribution in [2.24, 2.45) is 68.5 Å². The number of amides is 1. The Balaban J connectivity index is 1.12. The molecule has 0 bridgehead atoms. The lowest BCUT2D eigenvalue weighted by Gasteiger charge is -2.68. The largest absolute Gasteiger partial charge is 0.481 e. The molecule has 7 rings (SSSR count). The summed E-state index contributed by atoms with van der Waals surface area (Å²) < 4.78 is 8.92. The molecule has 6 aliphatic rings. The fourth-order valence-corrected chi connectivity index (χ4v) is 15.2. The smallest absolute Gasteiger partial charge is 0.309 e. The lowest BCUT2D eigenvalue weighted by Crippen LogP contribution is -2.63. The van der Waals surface area contributed by atoms with Crippen LogP contribution in [0.5, 0.6) is 0 Å². The van der Waals surface area contributed by atoms with Crippen LogP contribution >= 0.6 is 0 Å². The number of likely N-dealkylation sites (tertiary alicyclic amines) is 1. The molecule has 1 amide bonds. The first-order valence-corrected chi connectivity index (χ1v) is 25.2. The van der Waals surface area contributed by atoms with Gasteiger partial charge in [0, 0.05) is 31.2 Å². The quantitative estimate of drug-likeness (QED) is 0.138. The SMILES string of the molecule is C=C(C)[C@@H]1CC[C@]2(C(=O)N3CCC[C@H]3c3nc(C(C)C)cn3CCN(C)C)CC[C@]3(C)[C@H](CC[C@@H]4C[C@H](C(C)(C)[C@H](CCCC)OC(=O)[C@H]5C[C@@H](C(=O)O)C5(C)C)CC[C@]43C)[C@@H]12. The number of carboxylic acids is 1. The molecule has 0 unspecified atom stereocenters. The number of hydrogen-bond donors (Lipinski definition) is 1. The zero-order valence-electron chi connectivity index (χ0n) is 41.2. The summed E-state index contributed by atoms with van der Waals surface area (Å²) in [7, 11) is 4.25. The van der Waals surface area contributed by atoms with Gasteiger partial charge in [-0.3, -0.25) is 14.4 Å². The number of carbonyl (C=O) groups is 3. The number of allylic oxidation sites excluding steroid dienone is 1. The summed E-state index contributed by atoms with van der Waals surface area (Å²) in [5.74, 6) is 2.12. The van der Waals surface area contributed by atoms with Crippen molar-refractivity contribution in [1.29, 1.82) is 0 Å². The Morgan fingerprint density at radius 1 is 0.984 bits per heavy atom. The van der Waals surface area contributed by atoms with Gasteiger partial charge < -0.3 is 24.2 Å². The van der Waals surface area contributed by atoms with Gasteiger partial charge in [0.1, 0.15) is 11.9 Å². The van der Waals surface area contributed by atoms with Crippen LogP contribution in [0.2, 0.25) is 0 Å². The highest BCUT2D eigenvalue weighted by molar-refractivity contribution is 5.85. The molecule has 12 atom stereocenters. The highest BCUT2D eigenvalue weighted by Crippen LogP contribution is 2.74. The summed E-state index contributed by atoms with van der Waals surface area (Å²) in [6.07, 6.45) is 17.2. The van der Waals surface area contributed by atoms with Crippen LogP contribution in [0.4, 0.5) is 0 Å². The van der Waals surface area contributed by atoms with Gasteiger partial charge in [0.05, 0.1) is 29.0 Å². The van der Waals surface area contributed by atoms with E-state index in [1.165, 1.54) is 18.4 Å². The van der Waals surface area contributed by atoms with E-state index in [1.54, 1.807) is 0 Å². The number of fused-ring (bicyclic) bond motifs is 5. The molecule has 1 aromatic heterocycles. The van der Waals surface area contributed by atoms with Gasteiger partial charge in [-0.15, -0.1) is 0 Å². The molecule has 0 spiro atoms. The number of carbonyl (C=O) groups excluding carboxylic acids is 2. The van der Waals surface area contributed by atoms with Crippen LogP contribution in [0.1, 0.15) is 189 Å². The first kappa shape index (κ1) is 47.3. The number of carboxylic acid groups (broad SMARTS) is 1. The number of hydrogen-bond acceptors (Lipinski definition) is 6. The molecule has 348 valence electrons. The van der Waals surface area contributed by atoms with E-state index in [-0.39, 0.29) is 45.7 Å². The molecule has 5 saturated carbocycles. The van der Waals surface area contributed by atoms with Crippen molar-refractivity contribution in [2.75, 3.05) is 27.2 Å². The standard InChI is InChI=1S/C53H86N4O5/c1-14-15-18-43(62-47(60)40-31-39(46(58)59)50(40,8)9)49(6,7)35-21-23-51(10)36(30-35)19-20-38-44-37(33(2)3)22-24-53(44,26-25-52(38,51)11)48(61)57-27-16-17-42(57)45-54-41(34(4)5)32-56(45)29-28-55(12)13/h32,34-40,42-44H,2,14-31H2,1,3-13H3,(H,58,59)/t35-,36-,37+,38-,39+,40-,42+,43+,44-,51-,52-,53+/m1/s1. The molecule has 0 radical (unpaired) electrons. The summed E-state index contributed by atoms with van der Waals surface area (Å²) >= 11 is 0. The molecule has 9 heteroatoms. The molecule has 6 fully saturated rings. The monoisotopic (exact) mass is 859 g/mol. The van der Waals surface area contributed by atoms with E-state index in [0.29, 0.717) is 47.8 Å². The molecule has 5 aliphatic carbocycles. The van der Waals surface area contributed by atoms with Crippen molar-refractivity contribution in [3.63, 3.8) is 0 Å². The van der Waals surface area contributed by atoms with Gasteiger partial charge in [-0.1, -0.05) is 87.3 Å². The predicted octanol–water partition coefficient (Wildman–Crippen LogP) is 11.3. The van der Waals surface area contributed by atoms with Crippen LogP contribution in [0.3, 0.4) is 0 Å². The van der Waals surface area contributed by atoms with Crippen LogP contribution in [0.15, 0.2) is 18.3 Å². The minimum absolute atomic E-state index is 0.0264. The average molecular weight is 859 g/mol. The van der Waals surface area contributed by atoms with E-state index in [4.69, 9.17) is 9.72 Å². The van der Waals surface area contributed by atoms with E-state index < -0.39 is 17.3 Å². The maximum atomic E-state index is 15.7. The molecule has 2 heterocycles. The first-order chi connectivity index (χ1) is 29.0. The van der Waals surface area contributed by atoms with Crippen LogP contribution < -0.4 is 0 Å². The summed E-state index contributed by atoms with van der Waals surface area (Å²) in [6, 6.07) is 0.0264. The van der Waals surface area contributed by atoms with E-state index >= 15 is 4.79 Å². The first-order valence-electron chi connectivity index (χ1n) is 25.2. The zero-order chi connectivity index (χ0) is 45.3. The number of rotatable bonds is 15. The number of imidazole rings is 1. The van der Waals surface area contributed by atoms with Crippen molar-refractivity contribution in [2.45, 2.75) is 190 Å². The minimum Gasteiger partial charge on any atom is -0.481 e. The molecule has 9 nitrogen and oxygen atoms in total. The molecule has 1 aromatic rings. The Labute approximate surface area is 376 Å². The van der Waals surface area contributed by atoms with Crippen LogP contribution in [0, 0.1) is 68.5 Å². The summed E-state index contributed by atoms with van der Waals surface area (Å²) in [5.41, 5.74) is 1.53. The van der Waals surface area contributed by atoms with Crippen LogP contribution in [-0.4, -0.2) is 75.6 Å². The average Bonchev–Trinajstić information content (AvgIpc) is 3.95. The summed E-state index contributed by atoms with van der Waals surface area (Å²) in [4.78, 5) is 51.3. The zero-order valence-corrected chi connectivity index (χ0v) is 41.2. The number of aromatic nitrogens is 2. The highest BCUT2D eigenvalue weighted by Gasteiger charge is 2.69. The Hall–Kier alpha value is -2.68. The van der Waals surface area contributed by atoms with E-state index in [1.807, 2.05) is 13.8 Å². The number of likely N-dealkylation sites (N-methyl/N-ethyl adjacent to an activating group) is 1. The number of unbranched alkanes of at least 4 members (excludes halogenated alkanes) is 1. The third-order valence-electron chi connectivity index (χ3n) is 19.8. The third-order valence-corrected chi connectivity index (χ3v) is 19.8. The molecule has 62 heavy (non-hydrogen) atoms. The second kappa shape index (κ2) is 17.3. The fraction of sp³-hybridized carbons (Fsp3) is 0.849. The molecule has 1 saturated heterocycles. The van der Waals surface area contributed by atoms with E-state index in [0.717, 1.165) is 108 Å². The number of esters is 1. The number of ether oxygens (including phenoxy) is 1. The van der Waals surface area contributed by atoms with Crippen molar-refractivity contribution in [1.82, 2.24) is 19.4 Å². The topological polar surface area (TPSA) is 105 Å². The Bertz CT molecular complexity index is 1850. The Morgan fingerprint density at radius 3 is 2.34 bits per heavy atom. The highest BCUT2D eigenvalue weighted by atomic mass is 16.5. The van der Waals surface area contributed by atoms with Gasteiger partial charge >= 0.3 is 11.9 Å². The lowest BCUT2D eigenvalue weighted by molar-refractivity contribution is -0.201. The van der Waals surface area contributed by atoms with Gasteiger partial charge in [-0.2, -0.15) is 0 Å². The number of nitrogens with zero attached hydrogens (tertiary/aromatic N) is 4. The van der Waals surface area contributed by atoms with E-state index in [9.17, 15) is 14.7 Å². The fourth-order valence-electron chi connectivity index (χ4n) is 15.2. The maximum absolute atomic E-state index is 15.7. The second-order valence-corrected chi connectivity index (χ2v) is 24.1. The lowest BCUT2D eigenvalue weighted by atomic mass is 9.37. The van der Waals surface area contributed by atoms with Gasteiger partial charge in [-0.05, 0) is 156 Å². The second-order valence-electron chi connectivity index (χ2n) is 24.1. The predicted molar refractivity (Wildman–Crippen MR) is 247 cm³/mol. The van der Waals surface area contributed by atoms with Crippen molar-refractivity contribution in [3.8, 4) is 0 Å². The Morgan fingerprint density at radius 2 is 1.71 bits per heavy atom. The van der Waals surface area contributed by atoms with Crippen molar-refractivity contribution in [3.05, 3.63) is 29.9 Å². The van der Waals surface area contributed by atoms with Crippen LogP contribution in [0.25, 0.3) is 0 Å². The molecule has 1 N–H and O–H groups in total. The molecule has 1 aliphatic heterocycles.